The summed E-state index contributed by atoms with van der Waals surface area (Å²) in [7, 11) is 1.53. The SMILES string of the molecule is COc1ccc(Oc2ccc(C(=O)N[C@H]3CN4CCC3CC4)cc2)o1. The van der Waals surface area contributed by atoms with Gasteiger partial charge in [0, 0.05) is 30.3 Å². The van der Waals surface area contributed by atoms with Crippen LogP contribution < -0.4 is 14.8 Å². The van der Waals surface area contributed by atoms with Crippen LogP contribution >= 0.6 is 0 Å². The van der Waals surface area contributed by atoms with Crippen LogP contribution in [0.3, 0.4) is 0 Å². The van der Waals surface area contributed by atoms with E-state index in [2.05, 4.69) is 10.2 Å². The number of carbonyl (C=O) groups excluding carboxylic acids is 1. The summed E-state index contributed by atoms with van der Waals surface area (Å²) in [5, 5.41) is 3.19. The summed E-state index contributed by atoms with van der Waals surface area (Å²) in [4.78, 5) is 14.9. The first-order valence-corrected chi connectivity index (χ1v) is 8.66. The number of carbonyl (C=O) groups is 1. The number of amides is 1. The highest BCUT2D eigenvalue weighted by Crippen LogP contribution is 2.29. The van der Waals surface area contributed by atoms with Crippen molar-refractivity contribution in [3.05, 3.63) is 42.0 Å². The molecule has 4 heterocycles. The van der Waals surface area contributed by atoms with Gasteiger partial charge < -0.3 is 24.1 Å². The van der Waals surface area contributed by atoms with Crippen LogP contribution in [-0.4, -0.2) is 43.6 Å². The lowest BCUT2D eigenvalue weighted by molar-refractivity contribution is 0.0620. The van der Waals surface area contributed by atoms with Crippen molar-refractivity contribution in [3.8, 4) is 17.6 Å². The average Bonchev–Trinajstić information content (AvgIpc) is 3.11. The molecule has 0 aliphatic carbocycles. The lowest BCUT2D eigenvalue weighted by Gasteiger charge is -2.44. The zero-order valence-corrected chi connectivity index (χ0v) is 14.2. The Morgan fingerprint density at radius 3 is 2.44 bits per heavy atom. The first-order valence-electron chi connectivity index (χ1n) is 8.66. The third-order valence-corrected chi connectivity index (χ3v) is 5.07. The van der Waals surface area contributed by atoms with Crippen molar-refractivity contribution < 1.29 is 18.7 Å². The van der Waals surface area contributed by atoms with E-state index in [0.29, 0.717) is 29.1 Å². The highest BCUT2D eigenvalue weighted by molar-refractivity contribution is 5.94. The first-order chi connectivity index (χ1) is 12.2. The topological polar surface area (TPSA) is 63.9 Å². The van der Waals surface area contributed by atoms with E-state index in [-0.39, 0.29) is 11.9 Å². The Bertz CT molecular complexity index is 732. The molecule has 0 spiro atoms. The number of nitrogens with one attached hydrogen (secondary N) is 1. The Hall–Kier alpha value is -2.47. The highest BCUT2D eigenvalue weighted by Gasteiger charge is 2.34. The summed E-state index contributed by atoms with van der Waals surface area (Å²) >= 11 is 0. The average molecular weight is 342 g/mol. The van der Waals surface area contributed by atoms with Crippen molar-refractivity contribution >= 4 is 5.91 Å². The van der Waals surface area contributed by atoms with Crippen molar-refractivity contribution in [1.82, 2.24) is 10.2 Å². The molecule has 0 saturated carbocycles. The lowest BCUT2D eigenvalue weighted by Crippen LogP contribution is -2.57. The maximum absolute atomic E-state index is 12.5. The fourth-order valence-electron chi connectivity index (χ4n) is 3.64. The summed E-state index contributed by atoms with van der Waals surface area (Å²) < 4.78 is 15.9. The van der Waals surface area contributed by atoms with Crippen molar-refractivity contribution in [2.75, 3.05) is 26.7 Å². The highest BCUT2D eigenvalue weighted by atomic mass is 16.6. The zero-order chi connectivity index (χ0) is 17.2. The predicted octanol–water partition coefficient (Wildman–Crippen LogP) is 2.90. The van der Waals surface area contributed by atoms with Crippen LogP contribution in [0, 0.1) is 5.92 Å². The van der Waals surface area contributed by atoms with Gasteiger partial charge >= 0.3 is 0 Å². The van der Waals surface area contributed by atoms with Crippen molar-refractivity contribution in [1.29, 1.82) is 0 Å². The predicted molar refractivity (Wildman–Crippen MR) is 92.2 cm³/mol. The summed E-state index contributed by atoms with van der Waals surface area (Å²) in [6, 6.07) is 10.7. The van der Waals surface area contributed by atoms with Crippen LogP contribution in [0.1, 0.15) is 23.2 Å². The van der Waals surface area contributed by atoms with E-state index < -0.39 is 0 Å². The minimum atomic E-state index is -0.0232. The van der Waals surface area contributed by atoms with Gasteiger partial charge in [-0.1, -0.05) is 0 Å². The van der Waals surface area contributed by atoms with Gasteiger partial charge in [0.15, 0.2) is 0 Å². The van der Waals surface area contributed by atoms with Crippen LogP contribution in [0.5, 0.6) is 17.6 Å². The summed E-state index contributed by atoms with van der Waals surface area (Å²) in [5.41, 5.74) is 0.640. The molecule has 3 aliphatic heterocycles. The molecule has 2 bridgehead atoms. The Labute approximate surface area is 146 Å². The summed E-state index contributed by atoms with van der Waals surface area (Å²) in [6.07, 6.45) is 2.37. The van der Waals surface area contributed by atoms with Crippen LogP contribution in [0.4, 0.5) is 0 Å². The van der Waals surface area contributed by atoms with E-state index in [9.17, 15) is 4.79 Å². The maximum Gasteiger partial charge on any atom is 0.292 e. The third kappa shape index (κ3) is 3.49. The molecule has 0 radical (unpaired) electrons. The molecule has 25 heavy (non-hydrogen) atoms. The van der Waals surface area contributed by atoms with Crippen molar-refractivity contribution in [2.24, 2.45) is 5.92 Å². The van der Waals surface area contributed by atoms with Gasteiger partial charge in [-0.05, 0) is 56.1 Å². The second-order valence-corrected chi connectivity index (χ2v) is 6.62. The molecule has 132 valence electrons. The van der Waals surface area contributed by atoms with E-state index >= 15 is 0 Å². The normalized spacial score (nSPS) is 24.8. The Balaban J connectivity index is 1.37. The standard InChI is InChI=1S/C19H22N2O4/c1-23-17-6-7-18(25-17)24-15-4-2-14(3-5-15)19(22)20-16-12-21-10-8-13(16)9-11-21/h2-7,13,16H,8-12H2,1H3,(H,20,22)/t16-/m0/s1. The molecule has 3 fully saturated rings. The minimum Gasteiger partial charge on any atom is -0.468 e. The monoisotopic (exact) mass is 342 g/mol. The Morgan fingerprint density at radius 1 is 1.12 bits per heavy atom. The molecule has 0 unspecified atom stereocenters. The van der Waals surface area contributed by atoms with Gasteiger partial charge in [0.1, 0.15) is 5.75 Å². The maximum atomic E-state index is 12.5. The number of piperidine rings is 3. The molecule has 6 nitrogen and oxygen atoms in total. The number of rotatable bonds is 5. The fraction of sp³-hybridized carbons (Fsp3) is 0.421. The van der Waals surface area contributed by atoms with E-state index in [4.69, 9.17) is 13.9 Å². The summed E-state index contributed by atoms with van der Waals surface area (Å²) in [5.74, 6) is 1.94. The van der Waals surface area contributed by atoms with Crippen molar-refractivity contribution in [2.45, 2.75) is 18.9 Å². The molecular formula is C19H22N2O4. The van der Waals surface area contributed by atoms with E-state index in [0.717, 1.165) is 6.54 Å². The molecule has 3 aliphatic rings. The van der Waals surface area contributed by atoms with E-state index in [1.165, 1.54) is 33.0 Å². The molecule has 1 aromatic carbocycles. The van der Waals surface area contributed by atoms with E-state index in [1.807, 2.05) is 0 Å². The largest absolute Gasteiger partial charge is 0.468 e. The molecule has 3 saturated heterocycles. The smallest absolute Gasteiger partial charge is 0.292 e. The second kappa shape index (κ2) is 6.80. The van der Waals surface area contributed by atoms with Crippen LogP contribution in [0.15, 0.2) is 40.8 Å². The Kier molecular flexibility index (Phi) is 4.36. The van der Waals surface area contributed by atoms with Crippen molar-refractivity contribution in [3.63, 3.8) is 0 Å². The molecule has 1 atom stereocenters. The van der Waals surface area contributed by atoms with Gasteiger partial charge in [-0.15, -0.1) is 0 Å². The molecule has 1 aromatic heterocycles. The van der Waals surface area contributed by atoms with Crippen LogP contribution in [-0.2, 0) is 0 Å². The number of furan rings is 1. The number of hydrogen-bond acceptors (Lipinski definition) is 5. The molecule has 2 aromatic rings. The molecule has 1 N–H and O–H groups in total. The lowest BCUT2D eigenvalue weighted by atomic mass is 9.84. The molecule has 1 amide bonds. The quantitative estimate of drug-likeness (QED) is 0.905. The number of benzene rings is 1. The van der Waals surface area contributed by atoms with Crippen LogP contribution in [0.25, 0.3) is 0 Å². The van der Waals surface area contributed by atoms with Gasteiger partial charge in [0.25, 0.3) is 17.8 Å². The number of nitrogens with zero attached hydrogens (tertiary/aromatic N) is 1. The van der Waals surface area contributed by atoms with Gasteiger partial charge in [-0.25, -0.2) is 0 Å². The number of ether oxygens (including phenoxy) is 2. The van der Waals surface area contributed by atoms with E-state index in [1.54, 1.807) is 36.4 Å². The van der Waals surface area contributed by atoms with Gasteiger partial charge in [-0.3, -0.25) is 4.79 Å². The van der Waals surface area contributed by atoms with Gasteiger partial charge in [0.05, 0.1) is 7.11 Å². The number of fused-ring (bicyclic) bond motifs is 3. The molecule has 5 rings (SSSR count). The number of hydrogen-bond donors (Lipinski definition) is 1. The van der Waals surface area contributed by atoms with Crippen LogP contribution in [0.2, 0.25) is 0 Å². The zero-order valence-electron chi connectivity index (χ0n) is 14.2. The first kappa shape index (κ1) is 16.0. The molecule has 6 heteroatoms. The second-order valence-electron chi connectivity index (χ2n) is 6.62. The van der Waals surface area contributed by atoms with Gasteiger partial charge in [0.2, 0.25) is 0 Å². The Morgan fingerprint density at radius 2 is 1.84 bits per heavy atom. The fourth-order valence-corrected chi connectivity index (χ4v) is 3.64. The van der Waals surface area contributed by atoms with Gasteiger partial charge in [-0.2, -0.15) is 0 Å². The number of methoxy groups -OCH3 is 1. The minimum absolute atomic E-state index is 0.0232. The molecular weight excluding hydrogens is 320 g/mol. The third-order valence-electron chi connectivity index (χ3n) is 5.07. The summed E-state index contributed by atoms with van der Waals surface area (Å²) in [6.45, 7) is 3.30.